The van der Waals surface area contributed by atoms with Gasteiger partial charge in [0, 0.05) is 33.7 Å². The number of carbonyl (C=O) groups excluding carboxylic acids is 2. The number of nitrogens with zero attached hydrogens (tertiary/aromatic N) is 1. The summed E-state index contributed by atoms with van der Waals surface area (Å²) in [5.74, 6) is 0.289. The van der Waals surface area contributed by atoms with E-state index in [4.69, 9.17) is 0 Å². The van der Waals surface area contributed by atoms with Gasteiger partial charge in [0.2, 0.25) is 0 Å². The van der Waals surface area contributed by atoms with Crippen LogP contribution in [-0.2, 0) is 0 Å². The van der Waals surface area contributed by atoms with Gasteiger partial charge in [-0.05, 0) is 59.7 Å². The van der Waals surface area contributed by atoms with Gasteiger partial charge in [-0.25, -0.2) is 0 Å². The number of ketones is 1. The molecule has 0 aliphatic carbocycles. The van der Waals surface area contributed by atoms with Gasteiger partial charge < -0.3 is 4.90 Å². The Morgan fingerprint density at radius 2 is 1.48 bits per heavy atom. The van der Waals surface area contributed by atoms with Crippen LogP contribution in [0.25, 0.3) is 0 Å². The van der Waals surface area contributed by atoms with Gasteiger partial charge in [0.25, 0.3) is 5.91 Å². The Morgan fingerprint density at radius 1 is 0.870 bits per heavy atom. The molecule has 23 heavy (non-hydrogen) atoms. The van der Waals surface area contributed by atoms with Crippen molar-refractivity contribution in [1.29, 1.82) is 0 Å². The number of hydrogen-bond acceptors (Lipinski definition) is 2. The van der Waals surface area contributed by atoms with Crippen LogP contribution in [0.5, 0.6) is 0 Å². The average Bonchev–Trinajstić information content (AvgIpc) is 2.62. The van der Waals surface area contributed by atoms with E-state index in [2.05, 4.69) is 22.6 Å². The second-order valence-electron chi connectivity index (χ2n) is 5.80. The average molecular weight is 419 g/mol. The van der Waals surface area contributed by atoms with E-state index in [1.165, 1.54) is 0 Å². The molecule has 0 bridgehead atoms. The highest BCUT2D eigenvalue weighted by Crippen LogP contribution is 2.23. The number of piperidine rings is 1. The fraction of sp³-hybridized carbons (Fsp3) is 0.263. The number of carbonyl (C=O) groups is 2. The SMILES string of the molecule is O=C(c1ccccc1)C1CCN(C(=O)c2ccc(I)cc2)CC1. The molecule has 0 unspecified atom stereocenters. The van der Waals surface area contributed by atoms with E-state index in [0.29, 0.717) is 13.1 Å². The Bertz CT molecular complexity index is 689. The van der Waals surface area contributed by atoms with Crippen LogP contribution in [0.3, 0.4) is 0 Å². The summed E-state index contributed by atoms with van der Waals surface area (Å²) in [6, 6.07) is 17.1. The summed E-state index contributed by atoms with van der Waals surface area (Å²) in [6.45, 7) is 1.29. The standard InChI is InChI=1S/C19H18INO2/c20-17-8-6-16(7-9-17)19(23)21-12-10-15(11-13-21)18(22)14-4-2-1-3-5-14/h1-9,15H,10-13H2. The van der Waals surface area contributed by atoms with Crippen molar-refractivity contribution in [2.45, 2.75) is 12.8 Å². The molecule has 3 rings (SSSR count). The van der Waals surface area contributed by atoms with E-state index < -0.39 is 0 Å². The van der Waals surface area contributed by atoms with Crippen LogP contribution in [0.2, 0.25) is 0 Å². The summed E-state index contributed by atoms with van der Waals surface area (Å²) < 4.78 is 1.12. The fourth-order valence-electron chi connectivity index (χ4n) is 2.96. The van der Waals surface area contributed by atoms with Crippen LogP contribution < -0.4 is 0 Å². The minimum atomic E-state index is 0.0261. The summed E-state index contributed by atoms with van der Waals surface area (Å²) >= 11 is 2.23. The van der Waals surface area contributed by atoms with Gasteiger partial charge in [-0.15, -0.1) is 0 Å². The van der Waals surface area contributed by atoms with E-state index in [-0.39, 0.29) is 17.6 Å². The number of amides is 1. The third-order valence-corrected chi connectivity index (χ3v) is 5.02. The van der Waals surface area contributed by atoms with Gasteiger partial charge in [0.15, 0.2) is 5.78 Å². The van der Waals surface area contributed by atoms with E-state index in [1.807, 2.05) is 59.5 Å². The molecular formula is C19H18INO2. The topological polar surface area (TPSA) is 37.4 Å². The molecule has 4 heteroatoms. The highest BCUT2D eigenvalue weighted by atomic mass is 127. The smallest absolute Gasteiger partial charge is 0.253 e. The molecule has 1 aliphatic rings. The van der Waals surface area contributed by atoms with Gasteiger partial charge in [0.05, 0.1) is 0 Å². The van der Waals surface area contributed by atoms with Crippen molar-refractivity contribution in [2.24, 2.45) is 5.92 Å². The minimum absolute atomic E-state index is 0.0261. The molecule has 0 aromatic heterocycles. The first-order valence-corrected chi connectivity index (χ1v) is 8.87. The molecule has 2 aromatic carbocycles. The lowest BCUT2D eigenvalue weighted by Crippen LogP contribution is -2.40. The van der Waals surface area contributed by atoms with Crippen LogP contribution in [0.1, 0.15) is 33.6 Å². The first-order valence-electron chi connectivity index (χ1n) is 7.79. The molecule has 0 N–H and O–H groups in total. The van der Waals surface area contributed by atoms with E-state index in [1.54, 1.807) is 0 Å². The normalized spacial score (nSPS) is 15.4. The number of likely N-dealkylation sites (tertiary alicyclic amines) is 1. The van der Waals surface area contributed by atoms with Crippen molar-refractivity contribution in [3.05, 3.63) is 69.3 Å². The Labute approximate surface area is 149 Å². The fourth-order valence-corrected chi connectivity index (χ4v) is 3.32. The molecule has 118 valence electrons. The van der Waals surface area contributed by atoms with Crippen LogP contribution in [0.4, 0.5) is 0 Å². The Balaban J connectivity index is 1.61. The summed E-state index contributed by atoms with van der Waals surface area (Å²) in [5, 5.41) is 0. The van der Waals surface area contributed by atoms with Crippen LogP contribution in [0.15, 0.2) is 54.6 Å². The minimum Gasteiger partial charge on any atom is -0.339 e. The van der Waals surface area contributed by atoms with Crippen molar-refractivity contribution in [2.75, 3.05) is 13.1 Å². The molecule has 0 atom stereocenters. The van der Waals surface area contributed by atoms with Crippen molar-refractivity contribution >= 4 is 34.3 Å². The maximum atomic E-state index is 12.5. The largest absolute Gasteiger partial charge is 0.339 e. The molecule has 0 spiro atoms. The Morgan fingerprint density at radius 3 is 2.09 bits per heavy atom. The zero-order chi connectivity index (χ0) is 16.2. The summed E-state index contributed by atoms with van der Waals surface area (Å²) in [7, 11) is 0. The van der Waals surface area contributed by atoms with Crippen molar-refractivity contribution in [3.8, 4) is 0 Å². The molecular weight excluding hydrogens is 401 g/mol. The quantitative estimate of drug-likeness (QED) is 0.557. The van der Waals surface area contributed by atoms with Gasteiger partial charge in [0.1, 0.15) is 0 Å². The maximum Gasteiger partial charge on any atom is 0.253 e. The van der Waals surface area contributed by atoms with Gasteiger partial charge >= 0.3 is 0 Å². The Hall–Kier alpha value is -1.69. The van der Waals surface area contributed by atoms with E-state index in [9.17, 15) is 9.59 Å². The lowest BCUT2D eigenvalue weighted by Gasteiger charge is -2.31. The maximum absolute atomic E-state index is 12.5. The molecule has 0 radical (unpaired) electrons. The molecule has 1 saturated heterocycles. The second-order valence-corrected chi connectivity index (χ2v) is 7.05. The first kappa shape index (κ1) is 16.2. The zero-order valence-electron chi connectivity index (χ0n) is 12.7. The van der Waals surface area contributed by atoms with Crippen LogP contribution >= 0.6 is 22.6 Å². The molecule has 1 heterocycles. The van der Waals surface area contributed by atoms with Gasteiger partial charge in [-0.2, -0.15) is 0 Å². The Kier molecular flexibility index (Phi) is 5.10. The lowest BCUT2D eigenvalue weighted by molar-refractivity contribution is 0.0650. The summed E-state index contributed by atoms with van der Waals surface area (Å²) in [5.41, 5.74) is 1.49. The highest BCUT2D eigenvalue weighted by molar-refractivity contribution is 14.1. The predicted molar refractivity (Wildman–Crippen MR) is 98.6 cm³/mol. The van der Waals surface area contributed by atoms with Crippen LogP contribution in [0, 0.1) is 9.49 Å². The van der Waals surface area contributed by atoms with E-state index >= 15 is 0 Å². The number of Topliss-reactive ketones (excluding diaryl/α,β-unsaturated/α-hetero) is 1. The molecule has 1 fully saturated rings. The summed E-state index contributed by atoms with van der Waals surface area (Å²) in [4.78, 5) is 26.8. The van der Waals surface area contributed by atoms with Crippen LogP contribution in [-0.4, -0.2) is 29.7 Å². The molecule has 1 amide bonds. The van der Waals surface area contributed by atoms with Crippen molar-refractivity contribution in [1.82, 2.24) is 4.90 Å². The molecule has 0 saturated carbocycles. The monoisotopic (exact) mass is 419 g/mol. The molecule has 3 nitrogen and oxygen atoms in total. The number of halogens is 1. The highest BCUT2D eigenvalue weighted by Gasteiger charge is 2.28. The van der Waals surface area contributed by atoms with Gasteiger partial charge in [-0.1, -0.05) is 30.3 Å². The lowest BCUT2D eigenvalue weighted by atomic mass is 9.88. The second kappa shape index (κ2) is 7.25. The van der Waals surface area contributed by atoms with Crippen molar-refractivity contribution < 1.29 is 9.59 Å². The molecule has 2 aromatic rings. The third kappa shape index (κ3) is 3.80. The first-order chi connectivity index (χ1) is 11.1. The number of hydrogen-bond donors (Lipinski definition) is 0. The van der Waals surface area contributed by atoms with Gasteiger partial charge in [-0.3, -0.25) is 9.59 Å². The predicted octanol–water partition coefficient (Wildman–Crippen LogP) is 4.03. The third-order valence-electron chi connectivity index (χ3n) is 4.30. The summed E-state index contributed by atoms with van der Waals surface area (Å²) in [6.07, 6.45) is 1.48. The number of rotatable bonds is 3. The van der Waals surface area contributed by atoms with E-state index in [0.717, 1.165) is 27.5 Å². The zero-order valence-corrected chi connectivity index (χ0v) is 14.9. The molecule has 1 aliphatic heterocycles. The number of benzene rings is 2. The van der Waals surface area contributed by atoms with Crippen molar-refractivity contribution in [3.63, 3.8) is 0 Å².